The molecule has 3 rings (SSSR count). The number of amides is 1. The fourth-order valence-electron chi connectivity index (χ4n) is 2.51. The number of nitrogens with zero attached hydrogens (tertiary/aromatic N) is 3. The molecule has 4 N–H and O–H groups in total. The number of hydrogen-bond donors (Lipinski definition) is 3. The molecule has 10 nitrogen and oxygen atoms in total. The van der Waals surface area contributed by atoms with Crippen LogP contribution >= 0.6 is 11.8 Å². The molecule has 1 amide bonds. The number of nitrogen functional groups attached to an aromatic ring is 1. The van der Waals surface area contributed by atoms with Crippen molar-refractivity contribution in [3.8, 4) is 11.8 Å². The molecule has 0 atom stereocenters. The molecule has 1 aromatic carbocycles. The molecular weight excluding hydrogens is 416 g/mol. The molecule has 0 fully saturated rings. The number of aromatic nitrogens is 3. The maximum absolute atomic E-state index is 12.2. The van der Waals surface area contributed by atoms with E-state index in [4.69, 9.17) is 15.7 Å². The third-order valence-electron chi connectivity index (χ3n) is 3.84. The fourth-order valence-corrected chi connectivity index (χ4v) is 4.04. The number of nitrogens with one attached hydrogen (secondary N) is 2. The van der Waals surface area contributed by atoms with E-state index in [-0.39, 0.29) is 33.7 Å². The van der Waals surface area contributed by atoms with Crippen LogP contribution in [0.3, 0.4) is 0 Å². The third-order valence-corrected chi connectivity index (χ3v) is 5.83. The Morgan fingerprint density at radius 2 is 2.21 bits per heavy atom. The van der Waals surface area contributed by atoms with Crippen LogP contribution in [0.1, 0.15) is 5.69 Å². The van der Waals surface area contributed by atoms with Gasteiger partial charge >= 0.3 is 0 Å². The van der Waals surface area contributed by atoms with Gasteiger partial charge in [0.05, 0.1) is 30.3 Å². The topological polar surface area (TPSA) is 164 Å². The standard InChI is InChI=1S/C17H16N6O4S2/c1-27-12-4-3-9(5-13(12)29(2,25)26)21-14(24)8-28-17-22-11-7-20-10(6-18)15(19)16(11)23-17/h3-5,7H,8,19H2,1-2H3,(H,21,24)(H,22,23). The van der Waals surface area contributed by atoms with Crippen molar-refractivity contribution in [3.05, 3.63) is 30.1 Å². The van der Waals surface area contributed by atoms with E-state index >= 15 is 0 Å². The van der Waals surface area contributed by atoms with Gasteiger partial charge in [0.15, 0.2) is 20.7 Å². The number of ether oxygens (including phenoxy) is 1. The molecule has 0 saturated heterocycles. The number of hydrogen-bond acceptors (Lipinski definition) is 9. The zero-order valence-electron chi connectivity index (χ0n) is 15.4. The van der Waals surface area contributed by atoms with Crippen LogP contribution < -0.4 is 15.8 Å². The predicted octanol–water partition coefficient (Wildman–Crippen LogP) is 1.55. The lowest BCUT2D eigenvalue weighted by molar-refractivity contribution is -0.113. The van der Waals surface area contributed by atoms with Crippen LogP contribution in [-0.2, 0) is 14.6 Å². The molecule has 0 aliphatic carbocycles. The Kier molecular flexibility index (Phi) is 5.62. The van der Waals surface area contributed by atoms with Gasteiger partial charge in [-0.3, -0.25) is 4.79 Å². The molecule has 0 spiro atoms. The van der Waals surface area contributed by atoms with Gasteiger partial charge in [0, 0.05) is 11.9 Å². The first kappa shape index (κ1) is 20.4. The fraction of sp³-hybridized carbons (Fsp3) is 0.176. The lowest BCUT2D eigenvalue weighted by atomic mass is 10.3. The number of sulfone groups is 1. The molecule has 2 aromatic heterocycles. The van der Waals surface area contributed by atoms with Gasteiger partial charge in [-0.15, -0.1) is 0 Å². The lowest BCUT2D eigenvalue weighted by Gasteiger charge is -2.10. The highest BCUT2D eigenvalue weighted by atomic mass is 32.2. The molecule has 3 aromatic rings. The zero-order chi connectivity index (χ0) is 21.2. The summed E-state index contributed by atoms with van der Waals surface area (Å²) in [5.74, 6) is -0.146. The summed E-state index contributed by atoms with van der Waals surface area (Å²) >= 11 is 1.13. The first-order valence-electron chi connectivity index (χ1n) is 8.08. The van der Waals surface area contributed by atoms with Gasteiger partial charge in [0.25, 0.3) is 0 Å². The van der Waals surface area contributed by atoms with Gasteiger partial charge in [0.1, 0.15) is 22.2 Å². The molecule has 0 aliphatic heterocycles. The van der Waals surface area contributed by atoms with Crippen molar-refractivity contribution in [3.63, 3.8) is 0 Å². The van der Waals surface area contributed by atoms with Crippen LogP contribution in [0, 0.1) is 11.3 Å². The van der Waals surface area contributed by atoms with Crippen molar-refractivity contribution in [2.75, 3.05) is 30.2 Å². The number of nitrogens with two attached hydrogens (primary N) is 1. The van der Waals surface area contributed by atoms with E-state index in [9.17, 15) is 13.2 Å². The Balaban J connectivity index is 1.71. The van der Waals surface area contributed by atoms with Crippen molar-refractivity contribution < 1.29 is 17.9 Å². The monoisotopic (exact) mass is 432 g/mol. The number of carbonyl (C=O) groups excluding carboxylic acids is 1. The smallest absolute Gasteiger partial charge is 0.234 e. The minimum atomic E-state index is -3.52. The van der Waals surface area contributed by atoms with Crippen LogP contribution in [0.15, 0.2) is 34.4 Å². The molecule has 0 radical (unpaired) electrons. The minimum absolute atomic E-state index is 0.0124. The maximum atomic E-state index is 12.2. The average Bonchev–Trinajstić information content (AvgIpc) is 3.10. The summed E-state index contributed by atoms with van der Waals surface area (Å²) in [5, 5.41) is 12.0. The number of thioether (sulfide) groups is 1. The average molecular weight is 432 g/mol. The summed E-state index contributed by atoms with van der Waals surface area (Å²) in [4.78, 5) is 23.4. The third kappa shape index (κ3) is 4.41. The molecule has 0 saturated carbocycles. The van der Waals surface area contributed by atoms with E-state index < -0.39 is 9.84 Å². The van der Waals surface area contributed by atoms with Crippen molar-refractivity contribution >= 4 is 49.9 Å². The molecule has 0 bridgehead atoms. The maximum Gasteiger partial charge on any atom is 0.234 e. The molecule has 2 heterocycles. The van der Waals surface area contributed by atoms with Crippen molar-refractivity contribution in [1.29, 1.82) is 5.26 Å². The van der Waals surface area contributed by atoms with E-state index in [1.165, 1.54) is 25.4 Å². The first-order valence-corrected chi connectivity index (χ1v) is 11.0. The molecule has 150 valence electrons. The number of nitriles is 1. The van der Waals surface area contributed by atoms with Crippen LogP contribution in [0.4, 0.5) is 11.4 Å². The Morgan fingerprint density at radius 1 is 1.45 bits per heavy atom. The van der Waals surface area contributed by atoms with Crippen molar-refractivity contribution in [1.82, 2.24) is 15.0 Å². The summed E-state index contributed by atoms with van der Waals surface area (Å²) in [6.07, 6.45) is 2.51. The number of imidazole rings is 1. The van der Waals surface area contributed by atoms with Gasteiger partial charge in [-0.1, -0.05) is 11.8 Å². The number of pyridine rings is 1. The van der Waals surface area contributed by atoms with Crippen LogP contribution in [0.2, 0.25) is 0 Å². The zero-order valence-corrected chi connectivity index (χ0v) is 17.0. The highest BCUT2D eigenvalue weighted by Gasteiger charge is 2.16. The second-order valence-electron chi connectivity index (χ2n) is 5.91. The number of methoxy groups -OCH3 is 1. The highest BCUT2D eigenvalue weighted by Crippen LogP contribution is 2.28. The lowest BCUT2D eigenvalue weighted by Crippen LogP contribution is -2.14. The van der Waals surface area contributed by atoms with E-state index in [1.807, 2.05) is 6.07 Å². The number of anilines is 2. The van der Waals surface area contributed by atoms with E-state index in [0.717, 1.165) is 18.0 Å². The molecular formula is C17H16N6O4S2. The predicted molar refractivity (Wildman–Crippen MR) is 108 cm³/mol. The number of fused-ring (bicyclic) bond motifs is 1. The second kappa shape index (κ2) is 7.98. The summed E-state index contributed by atoms with van der Waals surface area (Å²) < 4.78 is 28.8. The number of rotatable bonds is 6. The Morgan fingerprint density at radius 3 is 2.86 bits per heavy atom. The summed E-state index contributed by atoms with van der Waals surface area (Å²) in [6, 6.07) is 6.25. The summed E-state index contributed by atoms with van der Waals surface area (Å²) in [5.41, 5.74) is 7.40. The van der Waals surface area contributed by atoms with Gasteiger partial charge in [-0.2, -0.15) is 5.26 Å². The molecule has 29 heavy (non-hydrogen) atoms. The second-order valence-corrected chi connectivity index (χ2v) is 8.86. The van der Waals surface area contributed by atoms with Crippen molar-refractivity contribution in [2.45, 2.75) is 10.1 Å². The highest BCUT2D eigenvalue weighted by molar-refractivity contribution is 7.99. The van der Waals surface area contributed by atoms with Crippen LogP contribution in [0.25, 0.3) is 11.0 Å². The number of benzene rings is 1. The number of carbonyl (C=O) groups is 1. The van der Waals surface area contributed by atoms with Crippen LogP contribution in [0.5, 0.6) is 5.75 Å². The normalized spacial score (nSPS) is 11.2. The summed E-state index contributed by atoms with van der Waals surface area (Å²) in [6.45, 7) is 0. The Labute approximate surface area is 170 Å². The van der Waals surface area contributed by atoms with E-state index in [1.54, 1.807) is 6.07 Å². The molecule has 0 aliphatic rings. The Bertz CT molecular complexity index is 1250. The van der Waals surface area contributed by atoms with Crippen LogP contribution in [-0.4, -0.2) is 48.4 Å². The van der Waals surface area contributed by atoms with Gasteiger partial charge in [0.2, 0.25) is 5.91 Å². The molecule has 0 unspecified atom stereocenters. The number of H-pyrrole nitrogens is 1. The summed E-state index contributed by atoms with van der Waals surface area (Å²) in [7, 11) is -2.15. The Hall–Kier alpha value is -3.30. The first-order chi connectivity index (χ1) is 13.7. The minimum Gasteiger partial charge on any atom is -0.495 e. The SMILES string of the molecule is COc1ccc(NC(=O)CSc2nc3c(N)c(C#N)ncc3[nH]2)cc1S(C)(=O)=O. The van der Waals surface area contributed by atoms with Crippen molar-refractivity contribution in [2.24, 2.45) is 0 Å². The van der Waals surface area contributed by atoms with Gasteiger partial charge < -0.3 is 20.8 Å². The van der Waals surface area contributed by atoms with E-state index in [0.29, 0.717) is 21.9 Å². The van der Waals surface area contributed by atoms with E-state index in [2.05, 4.69) is 20.3 Å². The molecule has 12 heteroatoms. The number of aromatic amines is 1. The van der Waals surface area contributed by atoms with Gasteiger partial charge in [-0.05, 0) is 18.2 Å². The largest absolute Gasteiger partial charge is 0.495 e. The van der Waals surface area contributed by atoms with Gasteiger partial charge in [-0.25, -0.2) is 18.4 Å². The quantitative estimate of drug-likeness (QED) is 0.490.